The van der Waals surface area contributed by atoms with Crippen molar-refractivity contribution in [2.24, 2.45) is 5.92 Å². The number of nitrogens with zero attached hydrogens (tertiary/aromatic N) is 2. The van der Waals surface area contributed by atoms with Crippen molar-refractivity contribution in [3.05, 3.63) is 30.5 Å². The van der Waals surface area contributed by atoms with E-state index in [1.807, 2.05) is 25.3 Å². The summed E-state index contributed by atoms with van der Waals surface area (Å²) in [7, 11) is -3.59. The lowest BCUT2D eigenvalue weighted by Crippen LogP contribution is -2.45. The fraction of sp³-hybridized carbons (Fsp3) is 0.500. The highest BCUT2D eigenvalue weighted by atomic mass is 32.2. The van der Waals surface area contributed by atoms with Gasteiger partial charge in [0.2, 0.25) is 15.9 Å². The molecule has 0 bridgehead atoms. The van der Waals surface area contributed by atoms with Crippen molar-refractivity contribution in [3.8, 4) is 0 Å². The first-order valence-electron chi connectivity index (χ1n) is 8.84. The summed E-state index contributed by atoms with van der Waals surface area (Å²) in [6.07, 6.45) is 3.40. The Morgan fingerprint density at radius 2 is 2.08 bits per heavy atom. The quantitative estimate of drug-likeness (QED) is 0.885. The fourth-order valence-electron chi connectivity index (χ4n) is 3.46. The lowest BCUT2D eigenvalue weighted by Gasteiger charge is -2.31. The molecule has 1 aromatic carbocycles. The van der Waals surface area contributed by atoms with Crippen molar-refractivity contribution in [1.82, 2.24) is 14.2 Å². The van der Waals surface area contributed by atoms with Crippen molar-refractivity contribution in [3.63, 3.8) is 0 Å². The zero-order valence-electron chi connectivity index (χ0n) is 14.7. The molecular formula is C18H25N3O3S. The SMILES string of the molecule is CCNC(=O)[C@@H]1CCCN(S(=O)(=O)c2ccc3c(ccn3CC)c2)C1. The van der Waals surface area contributed by atoms with Crippen LogP contribution in [0.3, 0.4) is 0 Å². The third kappa shape index (κ3) is 3.43. The van der Waals surface area contributed by atoms with Gasteiger partial charge in [0.25, 0.3) is 0 Å². The minimum absolute atomic E-state index is 0.0575. The molecule has 1 aliphatic rings. The van der Waals surface area contributed by atoms with Gasteiger partial charge in [0.15, 0.2) is 0 Å². The second-order valence-corrected chi connectivity index (χ2v) is 8.36. The summed E-state index contributed by atoms with van der Waals surface area (Å²) >= 11 is 0. The van der Waals surface area contributed by atoms with Crippen LogP contribution in [0.2, 0.25) is 0 Å². The Kier molecular flexibility index (Phi) is 5.15. The molecule has 3 rings (SSSR count). The molecule has 7 heteroatoms. The molecule has 1 fully saturated rings. The lowest BCUT2D eigenvalue weighted by molar-refractivity contribution is -0.125. The monoisotopic (exact) mass is 363 g/mol. The first-order valence-corrected chi connectivity index (χ1v) is 10.3. The van der Waals surface area contributed by atoms with Crippen LogP contribution in [-0.2, 0) is 21.4 Å². The van der Waals surface area contributed by atoms with Gasteiger partial charge in [0, 0.05) is 43.3 Å². The molecule has 25 heavy (non-hydrogen) atoms. The summed E-state index contributed by atoms with van der Waals surface area (Å²) in [6.45, 7) is 6.05. The molecule has 0 unspecified atom stereocenters. The number of hydrogen-bond donors (Lipinski definition) is 1. The van der Waals surface area contributed by atoms with Crippen LogP contribution in [0, 0.1) is 5.92 Å². The van der Waals surface area contributed by atoms with E-state index in [0.717, 1.165) is 23.9 Å². The van der Waals surface area contributed by atoms with Gasteiger partial charge in [-0.05, 0) is 51.0 Å². The average Bonchev–Trinajstić information content (AvgIpc) is 3.04. The van der Waals surface area contributed by atoms with Gasteiger partial charge in [-0.1, -0.05) is 0 Å². The number of aromatic nitrogens is 1. The molecule has 1 amide bonds. The maximum Gasteiger partial charge on any atom is 0.243 e. The van der Waals surface area contributed by atoms with Crippen LogP contribution in [0.1, 0.15) is 26.7 Å². The topological polar surface area (TPSA) is 71.4 Å². The van der Waals surface area contributed by atoms with Crippen molar-refractivity contribution < 1.29 is 13.2 Å². The molecule has 1 atom stereocenters. The fourth-order valence-corrected chi connectivity index (χ4v) is 5.02. The Morgan fingerprint density at radius 3 is 2.80 bits per heavy atom. The minimum atomic E-state index is -3.59. The highest BCUT2D eigenvalue weighted by molar-refractivity contribution is 7.89. The summed E-state index contributed by atoms with van der Waals surface area (Å²) in [6, 6.07) is 7.19. The summed E-state index contributed by atoms with van der Waals surface area (Å²) in [4.78, 5) is 12.4. The molecule has 1 aliphatic heterocycles. The molecule has 0 saturated carbocycles. The summed E-state index contributed by atoms with van der Waals surface area (Å²) < 4.78 is 29.6. The number of hydrogen-bond acceptors (Lipinski definition) is 3. The molecule has 1 aromatic heterocycles. The number of benzene rings is 1. The van der Waals surface area contributed by atoms with Gasteiger partial charge in [0.05, 0.1) is 10.8 Å². The first kappa shape index (κ1) is 17.9. The number of amides is 1. The highest BCUT2D eigenvalue weighted by Crippen LogP contribution is 2.26. The lowest BCUT2D eigenvalue weighted by atomic mass is 9.99. The van der Waals surface area contributed by atoms with E-state index in [1.165, 1.54) is 4.31 Å². The van der Waals surface area contributed by atoms with Crippen LogP contribution < -0.4 is 5.32 Å². The van der Waals surface area contributed by atoms with Crippen LogP contribution in [0.25, 0.3) is 10.9 Å². The molecule has 136 valence electrons. The first-order chi connectivity index (χ1) is 12.0. The van der Waals surface area contributed by atoms with Crippen LogP contribution in [0.4, 0.5) is 0 Å². The van der Waals surface area contributed by atoms with Gasteiger partial charge >= 0.3 is 0 Å². The normalized spacial score (nSPS) is 19.2. The van der Waals surface area contributed by atoms with Gasteiger partial charge in [-0.2, -0.15) is 4.31 Å². The average molecular weight is 363 g/mol. The molecule has 0 aliphatic carbocycles. The van der Waals surface area contributed by atoms with Crippen molar-refractivity contribution in [2.45, 2.75) is 38.1 Å². The molecule has 6 nitrogen and oxygen atoms in total. The molecular weight excluding hydrogens is 338 g/mol. The van der Waals surface area contributed by atoms with Crippen molar-refractivity contribution >= 4 is 26.8 Å². The number of nitrogens with one attached hydrogen (secondary N) is 1. The van der Waals surface area contributed by atoms with Crippen LogP contribution in [0.15, 0.2) is 35.4 Å². The highest BCUT2D eigenvalue weighted by Gasteiger charge is 2.33. The Morgan fingerprint density at radius 1 is 1.28 bits per heavy atom. The van der Waals surface area contributed by atoms with Crippen LogP contribution >= 0.6 is 0 Å². The maximum atomic E-state index is 13.0. The largest absolute Gasteiger partial charge is 0.356 e. The van der Waals surface area contributed by atoms with Gasteiger partial charge in [-0.15, -0.1) is 0 Å². The van der Waals surface area contributed by atoms with E-state index in [0.29, 0.717) is 24.4 Å². The minimum Gasteiger partial charge on any atom is -0.356 e. The Hall–Kier alpha value is -1.86. The number of fused-ring (bicyclic) bond motifs is 1. The molecule has 1 N–H and O–H groups in total. The predicted molar refractivity (Wildman–Crippen MR) is 97.8 cm³/mol. The van der Waals surface area contributed by atoms with E-state index < -0.39 is 10.0 Å². The van der Waals surface area contributed by atoms with E-state index in [1.54, 1.807) is 12.1 Å². The number of sulfonamides is 1. The van der Waals surface area contributed by atoms with E-state index in [9.17, 15) is 13.2 Å². The zero-order valence-corrected chi connectivity index (χ0v) is 15.6. The second kappa shape index (κ2) is 7.17. The molecule has 0 spiro atoms. The summed E-state index contributed by atoms with van der Waals surface area (Å²) in [5, 5.41) is 3.71. The van der Waals surface area contributed by atoms with Gasteiger partial charge < -0.3 is 9.88 Å². The number of carbonyl (C=O) groups is 1. The maximum absolute atomic E-state index is 13.0. The van der Waals surface area contributed by atoms with Gasteiger partial charge in [-0.25, -0.2) is 8.42 Å². The zero-order chi connectivity index (χ0) is 18.0. The van der Waals surface area contributed by atoms with Crippen molar-refractivity contribution in [2.75, 3.05) is 19.6 Å². The Bertz CT molecular complexity index is 873. The third-order valence-electron chi connectivity index (χ3n) is 4.83. The Balaban J connectivity index is 1.86. The summed E-state index contributed by atoms with van der Waals surface area (Å²) in [5.41, 5.74) is 1.03. The standard InChI is InChI=1S/C18H25N3O3S/c1-3-19-18(22)15-6-5-10-21(13-15)25(23,24)16-7-8-17-14(12-16)9-11-20(17)4-2/h7-9,11-12,15H,3-6,10,13H2,1-2H3,(H,19,22)/t15-/m1/s1. The van der Waals surface area contributed by atoms with Crippen LogP contribution in [-0.4, -0.2) is 42.8 Å². The smallest absolute Gasteiger partial charge is 0.243 e. The number of carbonyl (C=O) groups excluding carboxylic acids is 1. The predicted octanol–water partition coefficient (Wildman–Crippen LogP) is 2.20. The van der Waals surface area contributed by atoms with E-state index in [2.05, 4.69) is 16.8 Å². The molecule has 2 aromatic rings. The van der Waals surface area contributed by atoms with E-state index >= 15 is 0 Å². The molecule has 1 saturated heterocycles. The molecule has 2 heterocycles. The number of aryl methyl sites for hydroxylation is 1. The number of rotatable bonds is 5. The van der Waals surface area contributed by atoms with Gasteiger partial charge in [0.1, 0.15) is 0 Å². The van der Waals surface area contributed by atoms with Gasteiger partial charge in [-0.3, -0.25) is 4.79 Å². The van der Waals surface area contributed by atoms with E-state index in [4.69, 9.17) is 0 Å². The van der Waals surface area contributed by atoms with Crippen molar-refractivity contribution in [1.29, 1.82) is 0 Å². The third-order valence-corrected chi connectivity index (χ3v) is 6.69. The molecule has 0 radical (unpaired) electrons. The Labute approximate surface area is 148 Å². The second-order valence-electron chi connectivity index (χ2n) is 6.42. The number of piperidine rings is 1. The summed E-state index contributed by atoms with van der Waals surface area (Å²) in [5.74, 6) is -0.328. The van der Waals surface area contributed by atoms with Crippen LogP contribution in [0.5, 0.6) is 0 Å². The van der Waals surface area contributed by atoms with E-state index in [-0.39, 0.29) is 18.4 Å².